The minimum Gasteiger partial charge on any atom is -0.457 e. The highest BCUT2D eigenvalue weighted by atomic mass is 19.1. The van der Waals surface area contributed by atoms with Gasteiger partial charge in [-0.2, -0.15) is 4.39 Å². The van der Waals surface area contributed by atoms with Gasteiger partial charge in [0.2, 0.25) is 0 Å². The lowest BCUT2D eigenvalue weighted by molar-refractivity contribution is -0.144. The molecule has 1 amide bonds. The summed E-state index contributed by atoms with van der Waals surface area (Å²) in [6.07, 6.45) is 2.29. The number of nitrogens with one attached hydrogen (secondary N) is 1. The van der Waals surface area contributed by atoms with E-state index in [0.717, 1.165) is 26.2 Å². The molecule has 0 radical (unpaired) electrons. The highest BCUT2D eigenvalue weighted by molar-refractivity contribution is 5.81. The van der Waals surface area contributed by atoms with E-state index in [1.54, 1.807) is 0 Å². The van der Waals surface area contributed by atoms with E-state index in [4.69, 9.17) is 4.74 Å². The Kier molecular flexibility index (Phi) is 2.78. The maximum atomic E-state index is 12.8. The van der Waals surface area contributed by atoms with Crippen LogP contribution in [0.2, 0.25) is 0 Å². The van der Waals surface area contributed by atoms with E-state index < -0.39 is 12.1 Å². The summed E-state index contributed by atoms with van der Waals surface area (Å²) in [6, 6.07) is -0.609. The molecule has 0 aromatic rings. The van der Waals surface area contributed by atoms with Crippen LogP contribution in [-0.2, 0) is 9.53 Å². The first-order valence-electron chi connectivity index (χ1n) is 6.24. The number of hydrogen-bond donors (Lipinski definition) is 1. The summed E-state index contributed by atoms with van der Waals surface area (Å²) in [4.78, 5) is 14.0. The van der Waals surface area contributed by atoms with Crippen LogP contribution in [0.1, 0.15) is 12.8 Å². The first kappa shape index (κ1) is 11.0. The molecule has 2 fully saturated rings. The van der Waals surface area contributed by atoms with Crippen LogP contribution in [0.3, 0.4) is 0 Å². The molecule has 0 spiro atoms. The monoisotopic (exact) mass is 240 g/mol. The van der Waals surface area contributed by atoms with Gasteiger partial charge in [0.25, 0.3) is 11.9 Å². The van der Waals surface area contributed by atoms with Crippen LogP contribution in [0.25, 0.3) is 0 Å². The van der Waals surface area contributed by atoms with Crippen molar-refractivity contribution in [3.8, 4) is 0 Å². The van der Waals surface area contributed by atoms with Gasteiger partial charge in [0, 0.05) is 19.5 Å². The summed E-state index contributed by atoms with van der Waals surface area (Å²) in [6.45, 7) is 3.53. The zero-order chi connectivity index (χ0) is 11.8. The first-order chi connectivity index (χ1) is 8.22. The zero-order valence-electron chi connectivity index (χ0n) is 9.69. The van der Waals surface area contributed by atoms with E-state index in [-0.39, 0.29) is 5.91 Å². The molecule has 0 aliphatic carbocycles. The van der Waals surface area contributed by atoms with Crippen LogP contribution >= 0.6 is 0 Å². The first-order valence-corrected chi connectivity index (χ1v) is 6.24. The van der Waals surface area contributed by atoms with E-state index in [9.17, 15) is 9.18 Å². The number of likely N-dealkylation sites (tertiary alicyclic amines) is 1. The molecule has 3 aliphatic rings. The van der Waals surface area contributed by atoms with Crippen LogP contribution in [0.15, 0.2) is 12.1 Å². The SMILES string of the molecule is O=C(C1CC=C(F)O1)N1CC2CNCC(C2)C1. The lowest BCUT2D eigenvalue weighted by Gasteiger charge is -2.42. The van der Waals surface area contributed by atoms with E-state index in [1.165, 1.54) is 12.5 Å². The Bertz CT molecular complexity index is 346. The zero-order valence-corrected chi connectivity index (χ0v) is 9.69. The average Bonchev–Trinajstić information content (AvgIpc) is 2.74. The van der Waals surface area contributed by atoms with Gasteiger partial charge in [0.05, 0.1) is 0 Å². The number of carbonyl (C=O) groups excluding carboxylic acids is 1. The number of hydrogen-bond acceptors (Lipinski definition) is 3. The topological polar surface area (TPSA) is 41.6 Å². The van der Waals surface area contributed by atoms with Gasteiger partial charge < -0.3 is 15.0 Å². The molecule has 2 saturated heterocycles. The molecule has 1 N–H and O–H groups in total. The minimum atomic E-state index is -0.623. The Morgan fingerprint density at radius 1 is 1.41 bits per heavy atom. The molecule has 17 heavy (non-hydrogen) atoms. The maximum absolute atomic E-state index is 12.8. The molecule has 0 aromatic heterocycles. The molecule has 94 valence electrons. The average molecular weight is 240 g/mol. The number of carbonyl (C=O) groups is 1. The summed E-state index contributed by atoms with van der Waals surface area (Å²) < 4.78 is 17.7. The van der Waals surface area contributed by atoms with Crippen molar-refractivity contribution in [2.75, 3.05) is 26.2 Å². The van der Waals surface area contributed by atoms with Crippen molar-refractivity contribution in [2.24, 2.45) is 11.8 Å². The molecule has 3 unspecified atom stereocenters. The molecule has 3 heterocycles. The van der Waals surface area contributed by atoms with E-state index in [0.29, 0.717) is 18.3 Å². The Balaban J connectivity index is 1.62. The van der Waals surface area contributed by atoms with Gasteiger partial charge in [-0.3, -0.25) is 4.79 Å². The molecule has 3 atom stereocenters. The van der Waals surface area contributed by atoms with Crippen molar-refractivity contribution in [3.05, 3.63) is 12.1 Å². The van der Waals surface area contributed by atoms with Gasteiger partial charge in [-0.1, -0.05) is 0 Å². The number of amides is 1. The third kappa shape index (κ3) is 2.16. The standard InChI is InChI=1S/C12H17FN2O2/c13-11-2-1-10(17-11)12(16)15-6-8-3-9(7-15)5-14-4-8/h2,8-10,14H,1,3-7H2. The summed E-state index contributed by atoms with van der Waals surface area (Å²) in [5, 5.41) is 3.38. The molecule has 3 rings (SSSR count). The smallest absolute Gasteiger partial charge is 0.269 e. The molecule has 4 nitrogen and oxygen atoms in total. The number of nitrogens with zero attached hydrogens (tertiary/aromatic N) is 1. The number of rotatable bonds is 1. The van der Waals surface area contributed by atoms with Gasteiger partial charge in [-0.05, 0) is 37.4 Å². The van der Waals surface area contributed by atoms with Crippen molar-refractivity contribution >= 4 is 5.91 Å². The number of fused-ring (bicyclic) bond motifs is 2. The highest BCUT2D eigenvalue weighted by Crippen LogP contribution is 2.27. The Morgan fingerprint density at radius 2 is 2.12 bits per heavy atom. The van der Waals surface area contributed by atoms with Crippen molar-refractivity contribution in [2.45, 2.75) is 18.9 Å². The van der Waals surface area contributed by atoms with Crippen LogP contribution in [0.5, 0.6) is 0 Å². The molecule has 2 bridgehead atoms. The maximum Gasteiger partial charge on any atom is 0.269 e. The largest absolute Gasteiger partial charge is 0.457 e. The lowest BCUT2D eigenvalue weighted by atomic mass is 9.85. The highest BCUT2D eigenvalue weighted by Gasteiger charge is 2.36. The van der Waals surface area contributed by atoms with Gasteiger partial charge in [0.15, 0.2) is 6.10 Å². The predicted molar refractivity (Wildman–Crippen MR) is 59.7 cm³/mol. The minimum absolute atomic E-state index is 0.0505. The van der Waals surface area contributed by atoms with Crippen molar-refractivity contribution in [3.63, 3.8) is 0 Å². The predicted octanol–water partition coefficient (Wildman–Crippen LogP) is 0.654. The van der Waals surface area contributed by atoms with E-state index >= 15 is 0 Å². The fourth-order valence-corrected chi connectivity index (χ4v) is 3.07. The number of halogens is 1. The summed E-state index contributed by atoms with van der Waals surface area (Å²) in [7, 11) is 0. The fourth-order valence-electron chi connectivity index (χ4n) is 3.07. The van der Waals surface area contributed by atoms with Crippen molar-refractivity contribution < 1.29 is 13.9 Å². The van der Waals surface area contributed by atoms with Gasteiger partial charge in [0.1, 0.15) is 0 Å². The number of ether oxygens (including phenoxy) is 1. The second kappa shape index (κ2) is 4.29. The normalized spacial score (nSPS) is 36.4. The van der Waals surface area contributed by atoms with Crippen molar-refractivity contribution in [1.82, 2.24) is 10.2 Å². The van der Waals surface area contributed by atoms with E-state index in [1.807, 2.05) is 4.90 Å². The Morgan fingerprint density at radius 3 is 2.71 bits per heavy atom. The summed E-state index contributed by atoms with van der Waals surface area (Å²) in [5.41, 5.74) is 0. The summed E-state index contributed by atoms with van der Waals surface area (Å²) >= 11 is 0. The molecular weight excluding hydrogens is 223 g/mol. The second-order valence-corrected chi connectivity index (χ2v) is 5.22. The quantitative estimate of drug-likeness (QED) is 0.732. The molecule has 0 aromatic carbocycles. The fraction of sp³-hybridized carbons (Fsp3) is 0.750. The molecule has 3 aliphatic heterocycles. The van der Waals surface area contributed by atoms with Crippen LogP contribution in [0, 0.1) is 11.8 Å². The van der Waals surface area contributed by atoms with E-state index in [2.05, 4.69) is 5.32 Å². The van der Waals surface area contributed by atoms with Crippen LogP contribution in [-0.4, -0.2) is 43.1 Å². The third-order valence-electron chi connectivity index (χ3n) is 3.82. The second-order valence-electron chi connectivity index (χ2n) is 5.22. The van der Waals surface area contributed by atoms with Crippen LogP contribution in [0.4, 0.5) is 4.39 Å². The van der Waals surface area contributed by atoms with Crippen molar-refractivity contribution in [1.29, 1.82) is 0 Å². The lowest BCUT2D eigenvalue weighted by Crippen LogP contribution is -2.54. The molecule has 0 saturated carbocycles. The Hall–Kier alpha value is -1.10. The number of piperidine rings is 2. The van der Waals surface area contributed by atoms with Gasteiger partial charge in [-0.25, -0.2) is 0 Å². The Labute approximate surface area is 99.8 Å². The van der Waals surface area contributed by atoms with Gasteiger partial charge >= 0.3 is 0 Å². The molecule has 5 heteroatoms. The molecular formula is C12H17FN2O2. The van der Waals surface area contributed by atoms with Crippen LogP contribution < -0.4 is 5.32 Å². The third-order valence-corrected chi connectivity index (χ3v) is 3.82. The summed E-state index contributed by atoms with van der Waals surface area (Å²) in [5.74, 6) is 1.04. The van der Waals surface area contributed by atoms with Gasteiger partial charge in [-0.15, -0.1) is 0 Å².